The van der Waals surface area contributed by atoms with Crippen LogP contribution in [0.5, 0.6) is 0 Å². The summed E-state index contributed by atoms with van der Waals surface area (Å²) in [6, 6.07) is 7.67. The third kappa shape index (κ3) is 5.03. The molecule has 0 bridgehead atoms. The number of rotatable bonds is 8. The topological polar surface area (TPSA) is 70.7 Å². The molecule has 8 heteroatoms. The normalized spacial score (nSPS) is 12.6. The van der Waals surface area contributed by atoms with E-state index in [1.54, 1.807) is 11.8 Å². The monoisotopic (exact) mass is 422 g/mol. The SMILES string of the molecule is CSCC[C@@H](NC(=O)c1nc(Cl)sc1CC(C)C)c1nc2ccccc2[nH]1. The fraction of sp³-hybridized carbons (Fsp3) is 0.421. The molecule has 1 aromatic carbocycles. The number of nitrogens with zero attached hydrogens (tertiary/aromatic N) is 2. The zero-order valence-corrected chi connectivity index (χ0v) is 18.0. The summed E-state index contributed by atoms with van der Waals surface area (Å²) >= 11 is 9.21. The van der Waals surface area contributed by atoms with Crippen LogP contribution in [-0.2, 0) is 6.42 Å². The van der Waals surface area contributed by atoms with Crippen molar-refractivity contribution >= 4 is 51.6 Å². The largest absolute Gasteiger partial charge is 0.341 e. The van der Waals surface area contributed by atoms with E-state index < -0.39 is 0 Å². The van der Waals surface area contributed by atoms with Crippen LogP contribution in [0.15, 0.2) is 24.3 Å². The highest BCUT2D eigenvalue weighted by Crippen LogP contribution is 2.27. The quantitative estimate of drug-likeness (QED) is 0.530. The number of carbonyl (C=O) groups excluding carboxylic acids is 1. The molecule has 0 spiro atoms. The molecule has 3 rings (SSSR count). The number of benzene rings is 1. The van der Waals surface area contributed by atoms with Gasteiger partial charge < -0.3 is 10.3 Å². The van der Waals surface area contributed by atoms with Gasteiger partial charge in [0.1, 0.15) is 11.5 Å². The summed E-state index contributed by atoms with van der Waals surface area (Å²) in [6.07, 6.45) is 3.62. The van der Waals surface area contributed by atoms with Gasteiger partial charge in [0, 0.05) is 4.88 Å². The summed E-state index contributed by atoms with van der Waals surface area (Å²) in [6.45, 7) is 4.23. The molecule has 27 heavy (non-hydrogen) atoms. The van der Waals surface area contributed by atoms with E-state index in [-0.39, 0.29) is 11.9 Å². The van der Waals surface area contributed by atoms with Crippen molar-refractivity contribution in [3.63, 3.8) is 0 Å². The molecule has 2 N–H and O–H groups in total. The first-order valence-corrected chi connectivity index (χ1v) is 11.5. The van der Waals surface area contributed by atoms with E-state index in [0.717, 1.165) is 40.3 Å². The minimum atomic E-state index is -0.204. The van der Waals surface area contributed by atoms with E-state index in [1.807, 2.05) is 24.3 Å². The lowest BCUT2D eigenvalue weighted by molar-refractivity contribution is 0.0929. The number of thioether (sulfide) groups is 1. The van der Waals surface area contributed by atoms with Gasteiger partial charge in [0.05, 0.1) is 17.1 Å². The molecule has 2 heterocycles. The second-order valence-corrected chi connectivity index (χ2v) is 9.43. The van der Waals surface area contributed by atoms with Gasteiger partial charge in [0.25, 0.3) is 5.91 Å². The van der Waals surface area contributed by atoms with Crippen LogP contribution in [0.4, 0.5) is 0 Å². The molecule has 5 nitrogen and oxygen atoms in total. The van der Waals surface area contributed by atoms with Crippen LogP contribution in [0.2, 0.25) is 4.47 Å². The number of amides is 1. The van der Waals surface area contributed by atoms with Gasteiger partial charge in [0.15, 0.2) is 4.47 Å². The summed E-state index contributed by atoms with van der Waals surface area (Å²) in [5.74, 6) is 1.92. The highest BCUT2D eigenvalue weighted by atomic mass is 35.5. The van der Waals surface area contributed by atoms with Gasteiger partial charge in [-0.1, -0.05) is 37.6 Å². The highest BCUT2D eigenvalue weighted by Gasteiger charge is 2.23. The Bertz CT molecular complexity index is 888. The Kier molecular flexibility index (Phi) is 6.78. The molecule has 3 aromatic rings. The van der Waals surface area contributed by atoms with Gasteiger partial charge in [-0.25, -0.2) is 9.97 Å². The van der Waals surface area contributed by atoms with Gasteiger partial charge in [-0.05, 0) is 42.9 Å². The summed E-state index contributed by atoms with van der Waals surface area (Å²) in [4.78, 5) is 26.1. The summed E-state index contributed by atoms with van der Waals surface area (Å²) in [7, 11) is 0. The van der Waals surface area contributed by atoms with Gasteiger partial charge in [-0.2, -0.15) is 11.8 Å². The smallest absolute Gasteiger partial charge is 0.271 e. The molecule has 0 saturated heterocycles. The van der Waals surface area contributed by atoms with Crippen LogP contribution in [0.3, 0.4) is 0 Å². The molecule has 0 aliphatic carbocycles. The minimum Gasteiger partial charge on any atom is -0.341 e. The molecule has 2 aromatic heterocycles. The third-order valence-corrected chi connectivity index (χ3v) is 5.96. The maximum atomic E-state index is 12.9. The molecule has 0 radical (unpaired) electrons. The number of hydrogen-bond donors (Lipinski definition) is 2. The number of carbonyl (C=O) groups is 1. The van der Waals surface area contributed by atoms with Crippen LogP contribution >= 0.6 is 34.7 Å². The number of para-hydroxylation sites is 2. The average Bonchev–Trinajstić information content (AvgIpc) is 3.21. The van der Waals surface area contributed by atoms with Gasteiger partial charge in [0.2, 0.25) is 0 Å². The molecular weight excluding hydrogens is 400 g/mol. The first-order chi connectivity index (χ1) is 13.0. The standard InChI is InChI=1S/C19H23ClN4OS2/c1-11(2)10-15-16(24-19(20)27-15)18(25)23-14(8-9-26-3)17-21-12-6-4-5-7-13(12)22-17/h4-7,11,14H,8-10H2,1-3H3,(H,21,22)(H,23,25)/t14-/m1/s1. The van der Waals surface area contributed by atoms with Crippen molar-refractivity contribution in [2.45, 2.75) is 32.7 Å². The summed E-state index contributed by atoms with van der Waals surface area (Å²) < 4.78 is 0.403. The van der Waals surface area contributed by atoms with Crippen molar-refractivity contribution in [2.75, 3.05) is 12.0 Å². The summed E-state index contributed by atoms with van der Waals surface area (Å²) in [5.41, 5.74) is 2.30. The van der Waals surface area contributed by atoms with Crippen LogP contribution in [-0.4, -0.2) is 32.9 Å². The van der Waals surface area contributed by atoms with Crippen LogP contribution < -0.4 is 5.32 Å². The van der Waals surface area contributed by atoms with E-state index in [2.05, 4.69) is 40.4 Å². The van der Waals surface area contributed by atoms with E-state index in [1.165, 1.54) is 11.3 Å². The second-order valence-electron chi connectivity index (χ2n) is 6.78. The molecule has 1 amide bonds. The molecule has 0 saturated carbocycles. The fourth-order valence-electron chi connectivity index (χ4n) is 2.89. The fourth-order valence-corrected chi connectivity index (χ4v) is 4.71. The number of nitrogens with one attached hydrogen (secondary N) is 2. The zero-order chi connectivity index (χ0) is 19.4. The van der Waals surface area contributed by atoms with E-state index in [0.29, 0.717) is 16.1 Å². The second kappa shape index (κ2) is 9.08. The molecule has 0 fully saturated rings. The highest BCUT2D eigenvalue weighted by molar-refractivity contribution is 7.98. The van der Waals surface area contributed by atoms with E-state index in [4.69, 9.17) is 11.6 Å². The summed E-state index contributed by atoms with van der Waals surface area (Å²) in [5, 5.41) is 3.11. The number of hydrogen-bond acceptors (Lipinski definition) is 5. The molecule has 144 valence electrons. The first kappa shape index (κ1) is 20.2. The van der Waals surface area contributed by atoms with Gasteiger partial charge in [-0.3, -0.25) is 4.79 Å². The van der Waals surface area contributed by atoms with Crippen molar-refractivity contribution in [3.05, 3.63) is 45.1 Å². The number of halogens is 1. The van der Waals surface area contributed by atoms with E-state index in [9.17, 15) is 4.79 Å². The van der Waals surface area contributed by atoms with Gasteiger partial charge in [-0.15, -0.1) is 11.3 Å². The molecule has 0 aliphatic rings. The number of fused-ring (bicyclic) bond motifs is 1. The maximum Gasteiger partial charge on any atom is 0.271 e. The predicted molar refractivity (Wildman–Crippen MR) is 115 cm³/mol. The van der Waals surface area contributed by atoms with Crippen LogP contribution in [0.25, 0.3) is 11.0 Å². The van der Waals surface area contributed by atoms with E-state index >= 15 is 0 Å². The Morgan fingerprint density at radius 2 is 2.11 bits per heavy atom. The maximum absolute atomic E-state index is 12.9. The number of H-pyrrole nitrogens is 1. The lowest BCUT2D eigenvalue weighted by Gasteiger charge is -2.16. The molecular formula is C19H23ClN4OS2. The van der Waals surface area contributed by atoms with Gasteiger partial charge >= 0.3 is 0 Å². The van der Waals surface area contributed by atoms with Crippen molar-refractivity contribution in [1.82, 2.24) is 20.3 Å². The first-order valence-electron chi connectivity index (χ1n) is 8.87. The Morgan fingerprint density at radius 1 is 1.33 bits per heavy atom. The Labute approximate surface area is 172 Å². The van der Waals surface area contributed by atoms with Crippen molar-refractivity contribution in [1.29, 1.82) is 0 Å². The van der Waals surface area contributed by atoms with Crippen molar-refractivity contribution in [3.8, 4) is 0 Å². The average molecular weight is 423 g/mol. The minimum absolute atomic E-state index is 0.194. The van der Waals surface area contributed by atoms with Crippen molar-refractivity contribution < 1.29 is 4.79 Å². The van der Waals surface area contributed by atoms with Crippen molar-refractivity contribution in [2.24, 2.45) is 5.92 Å². The third-order valence-electron chi connectivity index (χ3n) is 4.13. The predicted octanol–water partition coefficient (Wildman–Crippen LogP) is 5.10. The number of aromatic amines is 1. The number of imidazole rings is 1. The molecule has 0 unspecified atom stereocenters. The van der Waals surface area contributed by atoms with Crippen LogP contribution in [0.1, 0.15) is 47.5 Å². The van der Waals surface area contributed by atoms with Crippen LogP contribution in [0, 0.1) is 5.92 Å². The molecule has 1 atom stereocenters. The lowest BCUT2D eigenvalue weighted by atomic mass is 10.1. The lowest BCUT2D eigenvalue weighted by Crippen LogP contribution is -2.30. The zero-order valence-electron chi connectivity index (χ0n) is 15.6. The number of thiazole rings is 1. The molecule has 0 aliphatic heterocycles. The Hall–Kier alpha value is -1.57. The number of aromatic nitrogens is 3. The Morgan fingerprint density at radius 3 is 2.81 bits per heavy atom. The Balaban J connectivity index is 1.85.